The fraction of sp³-hybridized carbons (Fsp3) is 0.191. The molecule has 1 atom stereocenters. The molecule has 0 saturated carbocycles. The van der Waals surface area contributed by atoms with E-state index in [-0.39, 0.29) is 25.4 Å². The van der Waals surface area contributed by atoms with Crippen molar-refractivity contribution in [3.63, 3.8) is 0 Å². The van der Waals surface area contributed by atoms with Crippen molar-refractivity contribution in [2.24, 2.45) is 5.92 Å². The molecule has 0 spiro atoms. The summed E-state index contributed by atoms with van der Waals surface area (Å²) in [6.45, 7) is 11.0. The van der Waals surface area contributed by atoms with Crippen LogP contribution in [0.25, 0.3) is 5.57 Å². The zero-order valence-corrected chi connectivity index (χ0v) is 34.2. The summed E-state index contributed by atoms with van der Waals surface area (Å²) in [6, 6.07) is 56.6. The van der Waals surface area contributed by atoms with E-state index in [0.717, 1.165) is 11.1 Å². The van der Waals surface area contributed by atoms with Gasteiger partial charge in [0.2, 0.25) is 0 Å². The van der Waals surface area contributed by atoms with Crippen LogP contribution >= 0.6 is 15.8 Å². The van der Waals surface area contributed by atoms with Gasteiger partial charge in [0.1, 0.15) is 0 Å². The zero-order chi connectivity index (χ0) is 35.3. The van der Waals surface area contributed by atoms with Gasteiger partial charge in [-0.15, -0.1) is 12.1 Å². The summed E-state index contributed by atoms with van der Waals surface area (Å²) in [5, 5.41) is 14.6. The molecule has 6 aromatic rings. The summed E-state index contributed by atoms with van der Waals surface area (Å²) in [5.74, 6) is -0.0441. The second-order valence-corrected chi connectivity index (χ2v) is 18.1. The summed E-state index contributed by atoms with van der Waals surface area (Å²) in [7, 11) is -1.48. The summed E-state index contributed by atoms with van der Waals surface area (Å²) >= 11 is 0. The van der Waals surface area contributed by atoms with Crippen LogP contribution in [-0.4, -0.2) is 12.3 Å². The molecule has 1 aliphatic carbocycles. The Kier molecular flexibility index (Phi) is 15.9. The maximum absolute atomic E-state index is 8.50. The van der Waals surface area contributed by atoms with Gasteiger partial charge in [0.05, 0.1) is 55.5 Å². The second kappa shape index (κ2) is 20.3. The van der Waals surface area contributed by atoms with Crippen LogP contribution in [0.15, 0.2) is 152 Å². The molecule has 0 bridgehead atoms. The first kappa shape index (κ1) is 39.9. The number of hydrogen-bond acceptors (Lipinski definition) is 1. The number of nitriles is 1. The molecular formula is C47H49NP2Ru+6. The second-order valence-electron chi connectivity index (χ2n) is 12.9. The minimum Gasteiger partial charge on any atom is -0.252 e. The van der Waals surface area contributed by atoms with E-state index in [0.29, 0.717) is 0 Å². The predicted octanol–water partition coefficient (Wildman–Crippen LogP) is 10.1. The van der Waals surface area contributed by atoms with Crippen LogP contribution in [0.1, 0.15) is 39.8 Å². The van der Waals surface area contributed by atoms with Crippen molar-refractivity contribution >= 4 is 42.6 Å². The molecule has 254 valence electrons. The third-order valence-corrected chi connectivity index (χ3v) is 15.7. The Hall–Kier alpha value is -3.84. The minimum atomic E-state index is -0.742. The molecule has 0 radical (unpaired) electrons. The fourth-order valence-electron chi connectivity index (χ4n) is 6.39. The van der Waals surface area contributed by atoms with Gasteiger partial charge >= 0.3 is 19.5 Å². The van der Waals surface area contributed by atoms with E-state index in [1.807, 2.05) is 30.3 Å². The molecule has 0 amide bonds. The molecule has 1 unspecified atom stereocenters. The predicted molar refractivity (Wildman–Crippen MR) is 223 cm³/mol. The molecule has 0 aromatic heterocycles. The Morgan fingerprint density at radius 3 is 1.12 bits per heavy atom. The summed E-state index contributed by atoms with van der Waals surface area (Å²) in [6.07, 6.45) is 6.83. The number of nitrogens with zero attached hydrogens (tertiary/aromatic N) is 1. The standard InChI is InChI=1S/C27H26P2.C10H6N.C10H15.Ru/c1-5-14-24(15-6-1)28(25-16-7-2-8-17-25)22-13-23-29(26-18-9-3-10-19-26)27-20-11-4-12-21-27;11-7-9-6-10(9)8-4-2-1-3-5-8;1-6-7(2)9(4)10(5)8(6)3;/h1-12,14-21H,13,22-23H2;1-5,9H;1-5H3;/q;2*-1;+6/p+2. The smallest absolute Gasteiger partial charge is 0.252 e. The Balaban J connectivity index is 0.000000216. The van der Waals surface area contributed by atoms with Gasteiger partial charge in [-0.25, -0.2) is 5.57 Å². The molecule has 51 heavy (non-hydrogen) atoms. The first-order valence-electron chi connectivity index (χ1n) is 17.6. The van der Waals surface area contributed by atoms with Gasteiger partial charge in [-0.05, 0) is 54.4 Å². The molecule has 0 heterocycles. The summed E-state index contributed by atoms with van der Waals surface area (Å²) in [4.78, 5) is 0. The number of rotatable bonds is 9. The van der Waals surface area contributed by atoms with Crippen LogP contribution in [0, 0.1) is 57.9 Å². The van der Waals surface area contributed by atoms with E-state index < -0.39 is 15.8 Å². The molecule has 0 fully saturated rings. The molecule has 4 heteroatoms. The van der Waals surface area contributed by atoms with Gasteiger partial charge in [0, 0.05) is 6.42 Å². The normalized spacial score (nSPS) is 12.7. The topological polar surface area (TPSA) is 23.8 Å². The minimum absolute atomic E-state index is 0. The van der Waals surface area contributed by atoms with Gasteiger partial charge in [-0.1, -0.05) is 126 Å². The first-order chi connectivity index (χ1) is 24.4. The third kappa shape index (κ3) is 11.1. The SMILES string of the molecule is Cc1c(C)c(C)[c-](C)c1C.N#CC1[C-]=C1c1ccccc1.[Ru+6].c1ccc([PH+](CCC[PH+](c2ccccc2)c2ccccc2)c2ccccc2)cc1. The van der Waals surface area contributed by atoms with Gasteiger partial charge < -0.3 is 0 Å². The molecule has 7 rings (SSSR count). The molecule has 0 aliphatic heterocycles. The maximum atomic E-state index is 8.50. The van der Waals surface area contributed by atoms with Crippen molar-refractivity contribution in [2.45, 2.75) is 41.0 Å². The van der Waals surface area contributed by atoms with E-state index >= 15 is 0 Å². The van der Waals surface area contributed by atoms with Crippen LogP contribution in [0.3, 0.4) is 0 Å². The molecule has 0 N–H and O–H groups in total. The number of benzene rings is 5. The van der Waals surface area contributed by atoms with Crippen molar-refractivity contribution in [3.8, 4) is 6.07 Å². The van der Waals surface area contributed by atoms with Crippen LogP contribution in [0.4, 0.5) is 0 Å². The molecule has 1 aliphatic rings. The Bertz CT molecular complexity index is 1740. The average molecular weight is 791 g/mol. The molecular weight excluding hydrogens is 742 g/mol. The summed E-state index contributed by atoms with van der Waals surface area (Å²) < 4.78 is 0. The van der Waals surface area contributed by atoms with Crippen molar-refractivity contribution in [1.82, 2.24) is 0 Å². The largest absolute Gasteiger partial charge is 6.00 e. The van der Waals surface area contributed by atoms with Gasteiger partial charge in [0.25, 0.3) is 0 Å². The van der Waals surface area contributed by atoms with Crippen molar-refractivity contribution in [3.05, 3.63) is 191 Å². The molecule has 1 nitrogen and oxygen atoms in total. The maximum Gasteiger partial charge on any atom is 6.00 e. The average Bonchev–Trinajstić information content (AvgIpc) is 3.96. The quantitative estimate of drug-likeness (QED) is 0.0813. The Labute approximate surface area is 322 Å². The Morgan fingerprint density at radius 2 is 0.863 bits per heavy atom. The van der Waals surface area contributed by atoms with Crippen LogP contribution in [0.2, 0.25) is 0 Å². The van der Waals surface area contributed by atoms with Gasteiger partial charge in [-0.3, -0.25) is 6.08 Å². The fourth-order valence-corrected chi connectivity index (χ4v) is 12.0. The van der Waals surface area contributed by atoms with Crippen LogP contribution in [-0.2, 0) is 19.5 Å². The Morgan fingerprint density at radius 1 is 0.549 bits per heavy atom. The van der Waals surface area contributed by atoms with Crippen molar-refractivity contribution < 1.29 is 19.5 Å². The summed E-state index contributed by atoms with van der Waals surface area (Å²) in [5.41, 5.74) is 9.51. The van der Waals surface area contributed by atoms with E-state index in [1.54, 1.807) is 0 Å². The molecule has 0 saturated heterocycles. The molecule has 6 aromatic carbocycles. The number of allylic oxidation sites excluding steroid dienone is 2. The van der Waals surface area contributed by atoms with E-state index in [1.165, 1.54) is 67.8 Å². The third-order valence-electron chi connectivity index (χ3n) is 9.87. The van der Waals surface area contributed by atoms with Crippen LogP contribution < -0.4 is 21.2 Å². The zero-order valence-electron chi connectivity index (χ0n) is 30.4. The van der Waals surface area contributed by atoms with Crippen molar-refractivity contribution in [1.29, 1.82) is 5.26 Å². The first-order valence-corrected chi connectivity index (χ1v) is 21.0. The van der Waals surface area contributed by atoms with Gasteiger partial charge in [-0.2, -0.15) is 38.6 Å². The number of hydrogen-bond donors (Lipinski definition) is 0. The van der Waals surface area contributed by atoms with E-state index in [2.05, 4.69) is 168 Å². The van der Waals surface area contributed by atoms with E-state index in [4.69, 9.17) is 5.26 Å². The van der Waals surface area contributed by atoms with E-state index in [9.17, 15) is 0 Å². The monoisotopic (exact) mass is 791 g/mol. The van der Waals surface area contributed by atoms with Crippen molar-refractivity contribution in [2.75, 3.05) is 12.3 Å². The van der Waals surface area contributed by atoms with Gasteiger partial charge in [0.15, 0.2) is 0 Å². The van der Waals surface area contributed by atoms with Crippen LogP contribution in [0.5, 0.6) is 0 Å².